The number of nitrogens with one attached hydrogen (secondary N) is 2. The Morgan fingerprint density at radius 3 is 2.75 bits per heavy atom. The third-order valence-electron chi connectivity index (χ3n) is 5.71. The Hall–Kier alpha value is -3.29. The van der Waals surface area contributed by atoms with Gasteiger partial charge in [-0.2, -0.15) is 0 Å². The first-order chi connectivity index (χ1) is 15.6. The van der Waals surface area contributed by atoms with Gasteiger partial charge in [0.15, 0.2) is 0 Å². The van der Waals surface area contributed by atoms with Crippen molar-refractivity contribution in [1.29, 1.82) is 0 Å². The maximum absolute atomic E-state index is 12.3. The first-order valence-corrected chi connectivity index (χ1v) is 11.0. The van der Waals surface area contributed by atoms with Crippen molar-refractivity contribution in [1.82, 2.24) is 10.2 Å². The van der Waals surface area contributed by atoms with E-state index in [0.717, 1.165) is 54.2 Å². The van der Waals surface area contributed by atoms with Crippen LogP contribution in [0.1, 0.15) is 24.9 Å². The molecule has 4 rings (SSSR count). The van der Waals surface area contributed by atoms with Gasteiger partial charge in [-0.3, -0.25) is 9.69 Å². The van der Waals surface area contributed by atoms with Gasteiger partial charge in [-0.05, 0) is 48.4 Å². The van der Waals surface area contributed by atoms with E-state index in [1.807, 2.05) is 43.3 Å². The third-order valence-corrected chi connectivity index (χ3v) is 5.71. The van der Waals surface area contributed by atoms with Crippen LogP contribution in [0.3, 0.4) is 0 Å². The molecular formula is C25H30N4O3. The molecule has 0 spiro atoms. The van der Waals surface area contributed by atoms with Crippen molar-refractivity contribution >= 4 is 23.0 Å². The zero-order chi connectivity index (χ0) is 22.3. The third kappa shape index (κ3) is 5.30. The highest BCUT2D eigenvalue weighted by atomic mass is 16.5. The first-order valence-electron chi connectivity index (χ1n) is 11.0. The average molecular weight is 435 g/mol. The van der Waals surface area contributed by atoms with E-state index in [1.54, 1.807) is 12.5 Å². The number of benzene rings is 2. The van der Waals surface area contributed by atoms with Gasteiger partial charge in [0.25, 0.3) is 0 Å². The van der Waals surface area contributed by atoms with Crippen LogP contribution in [0.2, 0.25) is 0 Å². The van der Waals surface area contributed by atoms with Crippen LogP contribution < -0.4 is 16.4 Å². The lowest BCUT2D eigenvalue weighted by Crippen LogP contribution is -2.45. The maximum Gasteiger partial charge on any atom is 0.307 e. The normalized spacial score (nSPS) is 15.3. The Morgan fingerprint density at radius 1 is 1.19 bits per heavy atom. The molecule has 7 nitrogen and oxygen atoms in total. The summed E-state index contributed by atoms with van der Waals surface area (Å²) in [6.45, 7) is 5.84. The van der Waals surface area contributed by atoms with Crippen molar-refractivity contribution < 1.29 is 13.9 Å². The van der Waals surface area contributed by atoms with Crippen LogP contribution in [0.4, 0.5) is 17.1 Å². The number of nitrogens with two attached hydrogens (primary N) is 1. The number of carbonyl (C=O) groups is 1. The van der Waals surface area contributed by atoms with E-state index >= 15 is 0 Å². The van der Waals surface area contributed by atoms with E-state index in [9.17, 15) is 4.79 Å². The minimum absolute atomic E-state index is 0.0290. The van der Waals surface area contributed by atoms with Gasteiger partial charge in [0.2, 0.25) is 0 Å². The number of ether oxygens (including phenoxy) is 1. The highest BCUT2D eigenvalue weighted by Gasteiger charge is 2.25. The number of furan rings is 1. The van der Waals surface area contributed by atoms with Crippen molar-refractivity contribution in [2.45, 2.75) is 19.4 Å². The van der Waals surface area contributed by atoms with Gasteiger partial charge in [-0.15, -0.1) is 0 Å². The summed E-state index contributed by atoms with van der Waals surface area (Å²) < 4.78 is 10.4. The minimum Gasteiger partial charge on any atom is -0.472 e. The molecular weight excluding hydrogens is 404 g/mol. The Kier molecular flexibility index (Phi) is 7.09. The standard InChI is InChI=1S/C25H30N4O3/c1-2-32-25(30)16-24(29-11-9-27-10-12-29)19-4-3-5-21(14-19)28-23-7-6-18(15-22(23)26)20-8-13-31-17-20/h3-8,13-15,17,24,27-28H,2,9-12,16,26H2,1H3. The molecule has 0 bridgehead atoms. The molecule has 2 heterocycles. The molecule has 3 aromatic rings. The Bertz CT molecular complexity index is 1030. The summed E-state index contributed by atoms with van der Waals surface area (Å²) in [5.41, 5.74) is 11.8. The quantitative estimate of drug-likeness (QED) is 0.362. The largest absolute Gasteiger partial charge is 0.472 e. The van der Waals surface area contributed by atoms with Crippen LogP contribution in [0.5, 0.6) is 0 Å². The van der Waals surface area contributed by atoms with Gasteiger partial charge >= 0.3 is 5.97 Å². The molecule has 1 unspecified atom stereocenters. The SMILES string of the molecule is CCOC(=O)CC(c1cccc(Nc2ccc(-c3ccoc3)cc2N)c1)N1CCNCC1. The van der Waals surface area contributed by atoms with E-state index in [0.29, 0.717) is 18.7 Å². The monoisotopic (exact) mass is 434 g/mol. The maximum atomic E-state index is 12.3. The summed E-state index contributed by atoms with van der Waals surface area (Å²) in [4.78, 5) is 14.7. The minimum atomic E-state index is -0.173. The lowest BCUT2D eigenvalue weighted by Gasteiger charge is -2.35. The number of carbonyl (C=O) groups excluding carboxylic acids is 1. The zero-order valence-electron chi connectivity index (χ0n) is 18.3. The number of anilines is 3. The zero-order valence-corrected chi connectivity index (χ0v) is 18.3. The fourth-order valence-corrected chi connectivity index (χ4v) is 4.09. The molecule has 0 saturated carbocycles. The molecule has 1 aliphatic heterocycles. The fraction of sp³-hybridized carbons (Fsp3) is 0.320. The van der Waals surface area contributed by atoms with Crippen molar-refractivity contribution in [2.24, 2.45) is 0 Å². The van der Waals surface area contributed by atoms with Crippen LogP contribution in [0.25, 0.3) is 11.1 Å². The van der Waals surface area contributed by atoms with Crippen LogP contribution in [0, 0.1) is 0 Å². The van der Waals surface area contributed by atoms with Crippen LogP contribution in [-0.2, 0) is 9.53 Å². The molecule has 1 fully saturated rings. The van der Waals surface area contributed by atoms with Crippen molar-refractivity contribution in [3.8, 4) is 11.1 Å². The molecule has 1 saturated heterocycles. The van der Waals surface area contributed by atoms with Gasteiger partial charge in [0, 0.05) is 43.5 Å². The summed E-state index contributed by atoms with van der Waals surface area (Å²) in [6, 6.07) is 16.0. The van der Waals surface area contributed by atoms with Gasteiger partial charge in [0.05, 0.1) is 36.9 Å². The van der Waals surface area contributed by atoms with Crippen molar-refractivity contribution in [2.75, 3.05) is 43.8 Å². The van der Waals surface area contributed by atoms with E-state index in [4.69, 9.17) is 14.9 Å². The van der Waals surface area contributed by atoms with E-state index in [1.165, 1.54) is 0 Å². The molecule has 0 aliphatic carbocycles. The fourth-order valence-electron chi connectivity index (χ4n) is 4.09. The number of hydrogen-bond acceptors (Lipinski definition) is 7. The van der Waals surface area contributed by atoms with E-state index < -0.39 is 0 Å². The topological polar surface area (TPSA) is 92.8 Å². The highest BCUT2D eigenvalue weighted by molar-refractivity contribution is 5.79. The number of nitrogens with zero attached hydrogens (tertiary/aromatic N) is 1. The van der Waals surface area contributed by atoms with Crippen LogP contribution in [-0.4, -0.2) is 43.7 Å². The van der Waals surface area contributed by atoms with Gasteiger partial charge < -0.3 is 25.5 Å². The second kappa shape index (κ2) is 10.3. The Morgan fingerprint density at radius 2 is 2.03 bits per heavy atom. The second-order valence-electron chi connectivity index (χ2n) is 7.88. The van der Waals surface area contributed by atoms with E-state index in [2.05, 4.69) is 27.7 Å². The molecule has 4 N–H and O–H groups in total. The number of piperazine rings is 1. The molecule has 0 radical (unpaired) electrons. The highest BCUT2D eigenvalue weighted by Crippen LogP contribution is 2.32. The van der Waals surface area contributed by atoms with Gasteiger partial charge in [0.1, 0.15) is 0 Å². The van der Waals surface area contributed by atoms with Crippen molar-refractivity contribution in [3.63, 3.8) is 0 Å². The molecule has 0 amide bonds. The predicted molar refractivity (Wildman–Crippen MR) is 127 cm³/mol. The van der Waals surface area contributed by atoms with Gasteiger partial charge in [-0.1, -0.05) is 18.2 Å². The predicted octanol–water partition coefficient (Wildman–Crippen LogP) is 4.17. The average Bonchev–Trinajstić information content (AvgIpc) is 3.35. The molecule has 1 atom stereocenters. The molecule has 2 aromatic carbocycles. The number of hydrogen-bond donors (Lipinski definition) is 3. The number of nitrogen functional groups attached to an aromatic ring is 1. The second-order valence-corrected chi connectivity index (χ2v) is 7.88. The van der Waals surface area contributed by atoms with E-state index in [-0.39, 0.29) is 12.0 Å². The summed E-state index contributed by atoms with van der Waals surface area (Å²) in [5, 5.41) is 6.80. The first kappa shape index (κ1) is 21.9. The molecule has 168 valence electrons. The number of rotatable bonds is 8. The smallest absolute Gasteiger partial charge is 0.307 e. The lowest BCUT2D eigenvalue weighted by atomic mass is 10.00. The van der Waals surface area contributed by atoms with Crippen LogP contribution in [0.15, 0.2) is 65.5 Å². The molecule has 1 aromatic heterocycles. The summed E-state index contributed by atoms with van der Waals surface area (Å²) in [7, 11) is 0. The summed E-state index contributed by atoms with van der Waals surface area (Å²) in [5.74, 6) is -0.173. The summed E-state index contributed by atoms with van der Waals surface area (Å²) >= 11 is 0. The Balaban J connectivity index is 1.55. The number of esters is 1. The van der Waals surface area contributed by atoms with Gasteiger partial charge in [-0.25, -0.2) is 0 Å². The molecule has 7 heteroatoms. The lowest BCUT2D eigenvalue weighted by molar-refractivity contribution is -0.144. The Labute approximate surface area is 188 Å². The van der Waals surface area contributed by atoms with Crippen LogP contribution >= 0.6 is 0 Å². The summed E-state index contributed by atoms with van der Waals surface area (Å²) in [6.07, 6.45) is 3.68. The molecule has 32 heavy (non-hydrogen) atoms. The molecule has 1 aliphatic rings. The van der Waals surface area contributed by atoms with Crippen molar-refractivity contribution in [3.05, 3.63) is 66.6 Å².